The molecule has 0 fully saturated rings. The summed E-state index contributed by atoms with van der Waals surface area (Å²) >= 11 is 5.92. The van der Waals surface area contributed by atoms with Gasteiger partial charge in [-0.25, -0.2) is 4.79 Å². The van der Waals surface area contributed by atoms with Crippen molar-refractivity contribution in [1.82, 2.24) is 0 Å². The Labute approximate surface area is 232 Å². The van der Waals surface area contributed by atoms with Crippen LogP contribution < -0.4 is 23.5 Å². The molecule has 7 rings (SSSR count). The van der Waals surface area contributed by atoms with E-state index in [9.17, 15) is 14.9 Å². The largest absolute Gasteiger partial charge is 0.493 e. The van der Waals surface area contributed by atoms with E-state index in [0.717, 1.165) is 51.0 Å². The average molecular weight is 566 g/mol. The van der Waals surface area contributed by atoms with Crippen LogP contribution in [0, 0.1) is 10.1 Å². The maximum atomic E-state index is 13.1. The molecule has 0 unspecified atom stereocenters. The second-order valence-corrected chi connectivity index (χ2v) is 9.50. The summed E-state index contributed by atoms with van der Waals surface area (Å²) in [6.07, 6.45) is 2.75. The quantitative estimate of drug-likeness (QED) is 0.0664. The monoisotopic (exact) mass is 565 g/mol. The van der Waals surface area contributed by atoms with E-state index in [1.807, 2.05) is 24.4 Å². The van der Waals surface area contributed by atoms with Crippen molar-refractivity contribution in [2.45, 2.75) is 13.0 Å². The van der Waals surface area contributed by atoms with E-state index in [1.165, 1.54) is 24.8 Å². The number of nitrogens with zero attached hydrogens (tertiary/aromatic N) is 2. The predicted octanol–water partition coefficient (Wildman–Crippen LogP) is 5.93. The van der Waals surface area contributed by atoms with Crippen molar-refractivity contribution in [3.05, 3.63) is 81.0 Å². The van der Waals surface area contributed by atoms with Gasteiger partial charge in [-0.1, -0.05) is 11.6 Å². The lowest BCUT2D eigenvalue weighted by Crippen LogP contribution is -2.38. The molecule has 0 radical (unpaired) electrons. The highest BCUT2D eigenvalue weighted by atomic mass is 35.5. The highest BCUT2D eigenvalue weighted by Gasteiger charge is 2.30. The van der Waals surface area contributed by atoms with Gasteiger partial charge >= 0.3 is 5.97 Å². The normalized spacial score (nSPS) is 13.1. The minimum absolute atomic E-state index is 0. The Morgan fingerprint density at radius 1 is 1.05 bits per heavy atom. The van der Waals surface area contributed by atoms with E-state index < -0.39 is 10.9 Å². The van der Waals surface area contributed by atoms with Crippen molar-refractivity contribution in [3.63, 3.8) is 0 Å². The highest BCUT2D eigenvalue weighted by molar-refractivity contribution is 6.32. The number of ether oxygens (including phenoxy) is 4. The van der Waals surface area contributed by atoms with Crippen LogP contribution in [-0.2, 0) is 13.0 Å². The molecule has 0 saturated carbocycles. The molecule has 0 spiro atoms. The zero-order valence-corrected chi connectivity index (χ0v) is 21.9. The smallest absolute Gasteiger partial charge is 0.343 e. The number of rotatable bonds is 4. The molecule has 0 aliphatic carbocycles. The lowest BCUT2D eigenvalue weighted by atomic mass is 9.93. The zero-order chi connectivity index (χ0) is 26.1. The number of hydrogen-bond donors (Lipinski definition) is 0. The van der Waals surface area contributed by atoms with Crippen LogP contribution in [0.3, 0.4) is 0 Å². The molecule has 0 bridgehead atoms. The number of carbonyl (C=O) groups excluding carboxylic acids is 1. The predicted molar refractivity (Wildman–Crippen MR) is 146 cm³/mol. The molecule has 196 valence electrons. The lowest BCUT2D eigenvalue weighted by molar-refractivity contribution is -0.670. The van der Waals surface area contributed by atoms with Gasteiger partial charge in [0, 0.05) is 23.3 Å². The molecular weight excluding hydrogens is 547 g/mol. The zero-order valence-electron chi connectivity index (χ0n) is 20.4. The molecule has 1 aromatic heterocycles. The Kier molecular flexibility index (Phi) is 5.85. The summed E-state index contributed by atoms with van der Waals surface area (Å²) in [7, 11) is 1.49. The van der Waals surface area contributed by atoms with Gasteiger partial charge in [0.25, 0.3) is 5.69 Å². The van der Waals surface area contributed by atoms with Crippen LogP contribution in [-0.4, -0.2) is 24.8 Å². The van der Waals surface area contributed by atoms with E-state index in [2.05, 4.69) is 10.6 Å². The number of aromatic nitrogens is 1. The first-order chi connectivity index (χ1) is 18.4. The number of fused-ring (bicyclic) bond motifs is 4. The standard InChI is InChI=1S/C28H18ClN2O7.ClH/c1-35-22-7-5-16-17-3-4-18-24-14(11-23-26(18)37-13-36-23)8-9-30(25(17)24)12-19(16)27(22)38-28(32)15-2-6-20(29)21(10-15)31(33)34;/h2-7,10-12H,8-9,13H2,1H3;1H/q+1;. The van der Waals surface area contributed by atoms with Crippen molar-refractivity contribution in [2.75, 3.05) is 13.9 Å². The molecule has 0 atom stereocenters. The number of nitro groups is 1. The third-order valence-corrected chi connectivity index (χ3v) is 7.45. The van der Waals surface area contributed by atoms with Gasteiger partial charge in [0.15, 0.2) is 35.7 Å². The fraction of sp³-hybridized carbons (Fsp3) is 0.143. The Bertz CT molecular complexity index is 1890. The molecule has 5 aromatic rings. The summed E-state index contributed by atoms with van der Waals surface area (Å²) in [5, 5.41) is 15.9. The van der Waals surface area contributed by atoms with Crippen LogP contribution in [0.1, 0.15) is 15.9 Å². The molecule has 0 amide bonds. The third kappa shape index (κ3) is 3.69. The number of halogens is 2. The van der Waals surface area contributed by atoms with Crippen molar-refractivity contribution in [3.8, 4) is 23.0 Å². The van der Waals surface area contributed by atoms with E-state index >= 15 is 0 Å². The highest BCUT2D eigenvalue weighted by Crippen LogP contribution is 2.46. The molecule has 0 saturated heterocycles. The average Bonchev–Trinajstić information content (AvgIpc) is 3.40. The van der Waals surface area contributed by atoms with Crippen LogP contribution in [0.2, 0.25) is 5.02 Å². The number of carbonyl (C=O) groups is 1. The molecular formula is C28H19Cl2N2O7+. The maximum Gasteiger partial charge on any atom is 0.343 e. The van der Waals surface area contributed by atoms with Gasteiger partial charge in [0.1, 0.15) is 5.02 Å². The first-order valence-electron chi connectivity index (χ1n) is 11.8. The minimum Gasteiger partial charge on any atom is -0.493 e. The van der Waals surface area contributed by atoms with Crippen LogP contribution >= 0.6 is 24.0 Å². The van der Waals surface area contributed by atoms with Gasteiger partial charge in [-0.2, -0.15) is 4.57 Å². The van der Waals surface area contributed by atoms with Gasteiger partial charge in [-0.05, 0) is 48.0 Å². The Morgan fingerprint density at radius 2 is 1.85 bits per heavy atom. The maximum absolute atomic E-state index is 13.1. The van der Waals surface area contributed by atoms with E-state index in [4.69, 9.17) is 30.5 Å². The van der Waals surface area contributed by atoms with E-state index in [-0.39, 0.29) is 41.2 Å². The second-order valence-electron chi connectivity index (χ2n) is 9.10. The summed E-state index contributed by atoms with van der Waals surface area (Å²) in [5.41, 5.74) is 1.88. The number of benzene rings is 4. The first-order valence-corrected chi connectivity index (χ1v) is 12.2. The number of hydrogen-bond acceptors (Lipinski definition) is 7. The second kappa shape index (κ2) is 9.14. The van der Waals surface area contributed by atoms with Gasteiger partial charge < -0.3 is 18.9 Å². The summed E-state index contributed by atoms with van der Waals surface area (Å²) in [4.78, 5) is 23.8. The van der Waals surface area contributed by atoms with Crippen LogP contribution in [0.25, 0.3) is 32.4 Å². The van der Waals surface area contributed by atoms with Crippen molar-refractivity contribution in [1.29, 1.82) is 0 Å². The molecule has 2 aliphatic heterocycles. The van der Waals surface area contributed by atoms with Gasteiger partial charge in [0.2, 0.25) is 12.3 Å². The van der Waals surface area contributed by atoms with Gasteiger partial charge in [0.05, 0.1) is 33.8 Å². The Hall–Kier alpha value is -4.34. The molecule has 3 heterocycles. The molecule has 2 aliphatic rings. The van der Waals surface area contributed by atoms with Crippen LogP contribution in [0.4, 0.5) is 5.69 Å². The SMILES string of the molecule is COc1ccc2c(c[n+]3c4c2ccc2c5c(cc(c24)CC3)OCO5)c1OC(=O)c1ccc(Cl)c([N+](=O)[O-])c1.Cl. The molecule has 39 heavy (non-hydrogen) atoms. The summed E-state index contributed by atoms with van der Waals surface area (Å²) < 4.78 is 25.0. The summed E-state index contributed by atoms with van der Waals surface area (Å²) in [6.45, 7) is 0.918. The van der Waals surface area contributed by atoms with E-state index in [1.54, 1.807) is 6.07 Å². The number of pyridine rings is 1. The lowest BCUT2D eigenvalue weighted by Gasteiger charge is -2.18. The van der Waals surface area contributed by atoms with Crippen molar-refractivity contribution >= 4 is 68.1 Å². The van der Waals surface area contributed by atoms with Crippen LogP contribution in [0.5, 0.6) is 23.0 Å². The minimum atomic E-state index is -0.761. The number of nitro benzene ring substituents is 1. The van der Waals surface area contributed by atoms with Gasteiger partial charge in [-0.3, -0.25) is 10.1 Å². The van der Waals surface area contributed by atoms with E-state index in [0.29, 0.717) is 17.7 Å². The summed E-state index contributed by atoms with van der Waals surface area (Å²) in [5.74, 6) is 1.35. The third-order valence-electron chi connectivity index (χ3n) is 7.13. The molecule has 9 nitrogen and oxygen atoms in total. The number of methoxy groups -OCH3 is 1. The summed E-state index contributed by atoms with van der Waals surface area (Å²) in [6, 6.07) is 13.6. The molecule has 0 N–H and O–H groups in total. The number of aryl methyl sites for hydroxylation is 2. The number of esters is 1. The topological polar surface area (TPSA) is 101 Å². The molecule has 11 heteroatoms. The van der Waals surface area contributed by atoms with Crippen LogP contribution in [0.15, 0.2) is 54.7 Å². The fourth-order valence-electron chi connectivity index (χ4n) is 5.43. The Morgan fingerprint density at radius 3 is 2.64 bits per heavy atom. The Balaban J connectivity index is 0.00000277. The van der Waals surface area contributed by atoms with Gasteiger partial charge in [-0.15, -0.1) is 12.4 Å². The van der Waals surface area contributed by atoms with Crippen molar-refractivity contribution < 1.29 is 33.2 Å². The first kappa shape index (κ1) is 25.0. The van der Waals surface area contributed by atoms with Crippen molar-refractivity contribution in [2.24, 2.45) is 0 Å². The fourth-order valence-corrected chi connectivity index (χ4v) is 5.62. The molecule has 4 aromatic carbocycles.